The van der Waals surface area contributed by atoms with Crippen LogP contribution >= 0.6 is 0 Å². The lowest BCUT2D eigenvalue weighted by atomic mass is 10.2. The van der Waals surface area contributed by atoms with E-state index in [1.807, 2.05) is 18.7 Å². The SMILES string of the molecule is C=C[SiH](Cc1ccccc1)OCC. The summed E-state index contributed by atoms with van der Waals surface area (Å²) >= 11 is 0. The molecule has 1 nitrogen and oxygen atoms in total. The normalized spacial score (nSPS) is 12.4. The molecule has 1 aromatic rings. The molecule has 1 unspecified atom stereocenters. The zero-order chi connectivity index (χ0) is 9.52. The largest absolute Gasteiger partial charge is 0.416 e. The van der Waals surface area contributed by atoms with Gasteiger partial charge in [-0.1, -0.05) is 36.0 Å². The van der Waals surface area contributed by atoms with Gasteiger partial charge in [0.05, 0.1) is 0 Å². The zero-order valence-electron chi connectivity index (χ0n) is 8.07. The average molecular weight is 192 g/mol. The first-order chi connectivity index (χ1) is 6.36. The molecular formula is C11H16OSi. The molecule has 0 fully saturated rings. The highest BCUT2D eigenvalue weighted by Gasteiger charge is 2.06. The minimum absolute atomic E-state index is 0.801. The predicted octanol–water partition coefficient (Wildman–Crippen LogP) is 2.25. The standard InChI is InChI=1S/C11H16OSi/c1-3-12-13(4-2)10-11-8-6-5-7-9-11/h4-9,13H,2-3,10H2,1H3. The van der Waals surface area contributed by atoms with Crippen LogP contribution in [0.25, 0.3) is 0 Å². The minimum Gasteiger partial charge on any atom is -0.416 e. The Labute approximate surface area is 81.8 Å². The average Bonchev–Trinajstić information content (AvgIpc) is 2.19. The highest BCUT2D eigenvalue weighted by atomic mass is 28.3. The smallest absolute Gasteiger partial charge is 0.204 e. The minimum atomic E-state index is -1.18. The van der Waals surface area contributed by atoms with Crippen molar-refractivity contribution in [2.75, 3.05) is 6.61 Å². The first kappa shape index (κ1) is 10.2. The third kappa shape index (κ3) is 3.57. The van der Waals surface area contributed by atoms with Gasteiger partial charge in [-0.2, -0.15) is 0 Å². The summed E-state index contributed by atoms with van der Waals surface area (Å²) in [6.07, 6.45) is 0. The Morgan fingerprint density at radius 3 is 2.62 bits per heavy atom. The third-order valence-corrected chi connectivity index (χ3v) is 4.08. The van der Waals surface area contributed by atoms with E-state index in [0.717, 1.165) is 12.7 Å². The van der Waals surface area contributed by atoms with Crippen molar-refractivity contribution in [2.24, 2.45) is 0 Å². The molecule has 1 rings (SSSR count). The quantitative estimate of drug-likeness (QED) is 0.650. The molecular weight excluding hydrogens is 176 g/mol. The van der Waals surface area contributed by atoms with Gasteiger partial charge < -0.3 is 4.43 Å². The summed E-state index contributed by atoms with van der Waals surface area (Å²) in [5, 5.41) is 0. The maximum absolute atomic E-state index is 5.62. The molecule has 0 bridgehead atoms. The molecule has 0 amide bonds. The fourth-order valence-electron chi connectivity index (χ4n) is 1.27. The molecule has 70 valence electrons. The summed E-state index contributed by atoms with van der Waals surface area (Å²) in [7, 11) is -1.18. The van der Waals surface area contributed by atoms with Crippen LogP contribution in [-0.4, -0.2) is 15.6 Å². The molecule has 13 heavy (non-hydrogen) atoms. The van der Waals surface area contributed by atoms with Crippen LogP contribution in [0, 0.1) is 0 Å². The Balaban J connectivity index is 2.51. The van der Waals surface area contributed by atoms with Crippen molar-refractivity contribution >= 4 is 9.04 Å². The Kier molecular flexibility index (Phi) is 4.50. The van der Waals surface area contributed by atoms with Crippen LogP contribution in [0.5, 0.6) is 0 Å². The Hall–Kier alpha value is -0.863. The maximum Gasteiger partial charge on any atom is 0.204 e. The molecule has 0 heterocycles. The van der Waals surface area contributed by atoms with Crippen LogP contribution < -0.4 is 0 Å². The van der Waals surface area contributed by atoms with Gasteiger partial charge >= 0.3 is 0 Å². The van der Waals surface area contributed by atoms with Gasteiger partial charge in [0.15, 0.2) is 0 Å². The van der Waals surface area contributed by atoms with Gasteiger partial charge in [0, 0.05) is 6.61 Å². The first-order valence-corrected chi connectivity index (χ1v) is 6.60. The molecule has 2 heteroatoms. The highest BCUT2D eigenvalue weighted by molar-refractivity contribution is 6.56. The Morgan fingerprint density at radius 2 is 2.08 bits per heavy atom. The summed E-state index contributed by atoms with van der Waals surface area (Å²) in [4.78, 5) is 0. The van der Waals surface area contributed by atoms with Crippen LogP contribution in [0.15, 0.2) is 42.6 Å². The van der Waals surface area contributed by atoms with Crippen LogP contribution in [0.4, 0.5) is 0 Å². The monoisotopic (exact) mass is 192 g/mol. The van der Waals surface area contributed by atoms with Gasteiger partial charge in [0.2, 0.25) is 9.04 Å². The first-order valence-electron chi connectivity index (χ1n) is 4.65. The lowest BCUT2D eigenvalue weighted by molar-refractivity contribution is 0.349. The van der Waals surface area contributed by atoms with Gasteiger partial charge in [-0.15, -0.1) is 6.58 Å². The van der Waals surface area contributed by atoms with Crippen LogP contribution in [0.1, 0.15) is 12.5 Å². The molecule has 0 aromatic heterocycles. The van der Waals surface area contributed by atoms with Crippen LogP contribution in [0.3, 0.4) is 0 Å². The second kappa shape index (κ2) is 5.73. The number of benzene rings is 1. The van der Waals surface area contributed by atoms with Gasteiger partial charge in [0.25, 0.3) is 0 Å². The summed E-state index contributed by atoms with van der Waals surface area (Å²) in [5.41, 5.74) is 3.35. The van der Waals surface area contributed by atoms with Gasteiger partial charge in [-0.05, 0) is 18.5 Å². The van der Waals surface area contributed by atoms with E-state index in [1.54, 1.807) is 0 Å². The lowest BCUT2D eigenvalue weighted by Gasteiger charge is -2.10. The Bertz CT molecular complexity index is 246. The topological polar surface area (TPSA) is 9.23 Å². The van der Waals surface area contributed by atoms with Crippen LogP contribution in [0.2, 0.25) is 0 Å². The van der Waals surface area contributed by atoms with Crippen LogP contribution in [-0.2, 0) is 10.5 Å². The van der Waals surface area contributed by atoms with Crippen molar-refractivity contribution in [1.82, 2.24) is 0 Å². The second-order valence-electron chi connectivity index (χ2n) is 2.92. The second-order valence-corrected chi connectivity index (χ2v) is 5.21. The van der Waals surface area contributed by atoms with E-state index in [9.17, 15) is 0 Å². The van der Waals surface area contributed by atoms with Crippen molar-refractivity contribution in [1.29, 1.82) is 0 Å². The summed E-state index contributed by atoms with van der Waals surface area (Å²) < 4.78 is 5.62. The molecule has 0 aliphatic heterocycles. The van der Waals surface area contributed by atoms with Crippen molar-refractivity contribution in [3.63, 3.8) is 0 Å². The van der Waals surface area contributed by atoms with Crippen molar-refractivity contribution < 1.29 is 4.43 Å². The van der Waals surface area contributed by atoms with E-state index in [1.165, 1.54) is 5.56 Å². The van der Waals surface area contributed by atoms with E-state index in [4.69, 9.17) is 4.43 Å². The fraction of sp³-hybridized carbons (Fsp3) is 0.273. The maximum atomic E-state index is 5.62. The molecule has 1 aromatic carbocycles. The van der Waals surface area contributed by atoms with E-state index in [-0.39, 0.29) is 0 Å². The summed E-state index contributed by atoms with van der Waals surface area (Å²) in [5.74, 6) is 0. The molecule has 0 spiro atoms. The van der Waals surface area contributed by atoms with E-state index in [0.29, 0.717) is 0 Å². The molecule has 0 radical (unpaired) electrons. The van der Waals surface area contributed by atoms with Crippen molar-refractivity contribution in [2.45, 2.75) is 13.0 Å². The van der Waals surface area contributed by atoms with Crippen molar-refractivity contribution in [3.8, 4) is 0 Å². The molecule has 0 saturated carbocycles. The molecule has 1 atom stereocenters. The van der Waals surface area contributed by atoms with E-state index < -0.39 is 9.04 Å². The number of hydrogen-bond acceptors (Lipinski definition) is 1. The lowest BCUT2D eigenvalue weighted by Crippen LogP contribution is -2.18. The van der Waals surface area contributed by atoms with Gasteiger partial charge in [0.1, 0.15) is 0 Å². The molecule has 0 aliphatic rings. The van der Waals surface area contributed by atoms with Gasteiger partial charge in [-0.25, -0.2) is 0 Å². The molecule has 0 aliphatic carbocycles. The third-order valence-electron chi connectivity index (χ3n) is 1.92. The highest BCUT2D eigenvalue weighted by Crippen LogP contribution is 2.03. The number of hydrogen-bond donors (Lipinski definition) is 0. The van der Waals surface area contributed by atoms with Crippen molar-refractivity contribution in [3.05, 3.63) is 48.2 Å². The Morgan fingerprint density at radius 1 is 1.38 bits per heavy atom. The summed E-state index contributed by atoms with van der Waals surface area (Å²) in [6.45, 7) is 6.65. The predicted molar refractivity (Wildman–Crippen MR) is 59.1 cm³/mol. The molecule has 0 N–H and O–H groups in total. The van der Waals surface area contributed by atoms with E-state index in [2.05, 4.69) is 30.8 Å². The molecule has 0 saturated heterocycles. The zero-order valence-corrected chi connectivity index (χ0v) is 9.23. The van der Waals surface area contributed by atoms with E-state index >= 15 is 0 Å². The summed E-state index contributed by atoms with van der Waals surface area (Å²) in [6, 6.07) is 11.5. The number of rotatable bonds is 5. The van der Waals surface area contributed by atoms with Gasteiger partial charge in [-0.3, -0.25) is 0 Å². The fourth-order valence-corrected chi connectivity index (χ4v) is 2.86.